The van der Waals surface area contributed by atoms with Gasteiger partial charge in [0.2, 0.25) is 5.91 Å². The van der Waals surface area contributed by atoms with Crippen LogP contribution in [-0.4, -0.2) is 47.1 Å². The van der Waals surface area contributed by atoms with Gasteiger partial charge in [0.05, 0.1) is 33.5 Å². The van der Waals surface area contributed by atoms with Gasteiger partial charge in [-0.1, -0.05) is 0 Å². The quantitative estimate of drug-likeness (QED) is 0.705. The molecule has 1 amide bonds. The lowest BCUT2D eigenvalue weighted by Crippen LogP contribution is -2.31. The van der Waals surface area contributed by atoms with Crippen molar-refractivity contribution in [2.24, 2.45) is 0 Å². The van der Waals surface area contributed by atoms with Crippen molar-refractivity contribution in [1.82, 2.24) is 5.32 Å². The molecule has 1 aromatic carbocycles. The summed E-state index contributed by atoms with van der Waals surface area (Å²) in [4.78, 5) is 11.8. The number of amides is 1. The Bertz CT molecular complexity index is 490. The van der Waals surface area contributed by atoms with Gasteiger partial charge in [0.25, 0.3) is 0 Å². The second kappa shape index (κ2) is 9.27. The van der Waals surface area contributed by atoms with E-state index in [0.717, 1.165) is 11.1 Å². The van der Waals surface area contributed by atoms with Gasteiger partial charge in [-0.2, -0.15) is 0 Å². The molecule has 1 aromatic rings. The normalized spacial score (nSPS) is 11.9. The first-order valence-electron chi connectivity index (χ1n) is 7.12. The predicted octanol–water partition coefficient (Wildman–Crippen LogP) is 1.85. The summed E-state index contributed by atoms with van der Waals surface area (Å²) in [5.74, 6) is 1.14. The summed E-state index contributed by atoms with van der Waals surface area (Å²) in [6.45, 7) is 4.77. The third-order valence-corrected chi connectivity index (χ3v) is 3.28. The summed E-state index contributed by atoms with van der Waals surface area (Å²) in [6, 6.07) is 3.62. The summed E-state index contributed by atoms with van der Waals surface area (Å²) >= 11 is 0. The molecule has 0 radical (unpaired) electrons. The molecule has 1 rings (SSSR count). The maximum Gasteiger partial charge on any atom is 0.246 e. The number of carbonyl (C=O) groups is 1. The summed E-state index contributed by atoms with van der Waals surface area (Å²) < 4.78 is 20.6. The fraction of sp³-hybridized carbons (Fsp3) is 0.562. The van der Waals surface area contributed by atoms with Crippen molar-refractivity contribution in [1.29, 1.82) is 0 Å². The zero-order chi connectivity index (χ0) is 16.5. The van der Waals surface area contributed by atoms with Crippen molar-refractivity contribution in [3.05, 3.63) is 23.3 Å². The van der Waals surface area contributed by atoms with Crippen LogP contribution in [0.3, 0.4) is 0 Å². The van der Waals surface area contributed by atoms with Crippen molar-refractivity contribution in [2.45, 2.75) is 19.9 Å². The third kappa shape index (κ3) is 5.20. The molecule has 6 nitrogen and oxygen atoms in total. The van der Waals surface area contributed by atoms with Gasteiger partial charge in [0.1, 0.15) is 6.61 Å². The molecule has 0 fully saturated rings. The van der Waals surface area contributed by atoms with Gasteiger partial charge in [0, 0.05) is 7.11 Å². The molecule has 1 N–H and O–H groups in total. The fourth-order valence-electron chi connectivity index (χ4n) is 2.13. The van der Waals surface area contributed by atoms with Crippen LogP contribution in [0.1, 0.15) is 24.1 Å². The highest BCUT2D eigenvalue weighted by Gasteiger charge is 2.15. The van der Waals surface area contributed by atoms with Crippen LogP contribution in [0.25, 0.3) is 0 Å². The molecule has 124 valence electrons. The topological polar surface area (TPSA) is 66.0 Å². The van der Waals surface area contributed by atoms with Crippen LogP contribution in [0, 0.1) is 6.92 Å². The standard InChI is InChI=1S/C16H25NO5/c1-11-8-14(20-4)15(21-5)9-13(11)12(2)17-16(18)10-22-7-6-19-3/h8-9,12H,6-7,10H2,1-5H3,(H,17,18)/t12-/m1/s1. The van der Waals surface area contributed by atoms with E-state index >= 15 is 0 Å². The third-order valence-electron chi connectivity index (χ3n) is 3.28. The van der Waals surface area contributed by atoms with Gasteiger partial charge < -0.3 is 24.3 Å². The van der Waals surface area contributed by atoms with Crippen molar-refractivity contribution in [2.75, 3.05) is 41.2 Å². The highest BCUT2D eigenvalue weighted by atomic mass is 16.5. The molecular formula is C16H25NO5. The molecule has 0 heterocycles. The maximum atomic E-state index is 11.8. The first-order chi connectivity index (χ1) is 10.5. The molecule has 0 aliphatic heterocycles. The molecule has 0 aromatic heterocycles. The number of ether oxygens (including phenoxy) is 4. The molecule has 0 bridgehead atoms. The molecule has 0 saturated heterocycles. The number of benzene rings is 1. The van der Waals surface area contributed by atoms with Crippen LogP contribution in [0.5, 0.6) is 11.5 Å². The number of rotatable bonds is 9. The van der Waals surface area contributed by atoms with Crippen molar-refractivity contribution in [3.8, 4) is 11.5 Å². The van der Waals surface area contributed by atoms with Crippen molar-refractivity contribution < 1.29 is 23.7 Å². The van der Waals surface area contributed by atoms with Crippen LogP contribution in [0.4, 0.5) is 0 Å². The van der Waals surface area contributed by atoms with E-state index in [9.17, 15) is 4.79 Å². The fourth-order valence-corrected chi connectivity index (χ4v) is 2.13. The molecule has 0 unspecified atom stereocenters. The summed E-state index contributed by atoms with van der Waals surface area (Å²) in [6.07, 6.45) is 0. The van der Waals surface area contributed by atoms with Gasteiger partial charge in [-0.15, -0.1) is 0 Å². The molecule has 0 aliphatic carbocycles. The minimum atomic E-state index is -0.169. The average Bonchev–Trinajstić information content (AvgIpc) is 2.51. The van der Waals surface area contributed by atoms with Crippen LogP contribution in [0.15, 0.2) is 12.1 Å². The summed E-state index contributed by atoms with van der Waals surface area (Å²) in [5.41, 5.74) is 1.99. The minimum absolute atomic E-state index is 0.0139. The van der Waals surface area contributed by atoms with E-state index in [2.05, 4.69) is 5.32 Å². The van der Waals surface area contributed by atoms with E-state index in [-0.39, 0.29) is 18.6 Å². The Morgan fingerprint density at radius 1 is 1.14 bits per heavy atom. The van der Waals surface area contributed by atoms with Crippen molar-refractivity contribution in [3.63, 3.8) is 0 Å². The first kappa shape index (κ1) is 18.3. The lowest BCUT2D eigenvalue weighted by molar-refractivity contribution is -0.126. The Morgan fingerprint density at radius 2 is 1.77 bits per heavy atom. The number of hydrogen-bond donors (Lipinski definition) is 1. The molecule has 0 saturated carbocycles. The van der Waals surface area contributed by atoms with E-state index < -0.39 is 0 Å². The lowest BCUT2D eigenvalue weighted by Gasteiger charge is -2.19. The zero-order valence-corrected chi connectivity index (χ0v) is 13.9. The second-order valence-corrected chi connectivity index (χ2v) is 4.90. The SMILES string of the molecule is COCCOCC(=O)N[C@H](C)c1cc(OC)c(OC)cc1C. The molecule has 1 atom stereocenters. The lowest BCUT2D eigenvalue weighted by atomic mass is 10.0. The Labute approximate surface area is 131 Å². The maximum absolute atomic E-state index is 11.8. The van der Waals surface area contributed by atoms with Gasteiger partial charge in [0.15, 0.2) is 11.5 Å². The second-order valence-electron chi connectivity index (χ2n) is 4.90. The zero-order valence-electron chi connectivity index (χ0n) is 13.9. The molecule has 6 heteroatoms. The van der Waals surface area contributed by atoms with Crippen LogP contribution < -0.4 is 14.8 Å². The van der Waals surface area contributed by atoms with E-state index in [1.807, 2.05) is 26.0 Å². The summed E-state index contributed by atoms with van der Waals surface area (Å²) in [7, 11) is 4.77. The number of hydrogen-bond acceptors (Lipinski definition) is 5. The van der Waals surface area contributed by atoms with Crippen LogP contribution in [0.2, 0.25) is 0 Å². The Hall–Kier alpha value is -1.79. The number of methoxy groups -OCH3 is 3. The summed E-state index contributed by atoms with van der Waals surface area (Å²) in [5, 5.41) is 2.90. The largest absolute Gasteiger partial charge is 0.493 e. The number of nitrogens with one attached hydrogen (secondary N) is 1. The van der Waals surface area contributed by atoms with E-state index in [4.69, 9.17) is 18.9 Å². The van der Waals surface area contributed by atoms with Gasteiger partial charge >= 0.3 is 0 Å². The van der Waals surface area contributed by atoms with Crippen LogP contribution >= 0.6 is 0 Å². The molecule has 0 aliphatic rings. The number of carbonyl (C=O) groups excluding carboxylic acids is 1. The number of aryl methyl sites for hydroxylation is 1. The van der Waals surface area contributed by atoms with E-state index in [1.54, 1.807) is 21.3 Å². The van der Waals surface area contributed by atoms with Crippen molar-refractivity contribution >= 4 is 5.91 Å². The van der Waals surface area contributed by atoms with Crippen LogP contribution in [-0.2, 0) is 14.3 Å². The predicted molar refractivity (Wildman–Crippen MR) is 83.5 cm³/mol. The Morgan fingerprint density at radius 3 is 2.36 bits per heavy atom. The van der Waals surface area contributed by atoms with Gasteiger partial charge in [-0.25, -0.2) is 0 Å². The molecular weight excluding hydrogens is 286 g/mol. The Balaban J connectivity index is 2.68. The first-order valence-corrected chi connectivity index (χ1v) is 7.12. The average molecular weight is 311 g/mol. The smallest absolute Gasteiger partial charge is 0.246 e. The Kier molecular flexibility index (Phi) is 7.70. The highest BCUT2D eigenvalue weighted by molar-refractivity contribution is 5.77. The highest BCUT2D eigenvalue weighted by Crippen LogP contribution is 2.32. The monoisotopic (exact) mass is 311 g/mol. The minimum Gasteiger partial charge on any atom is -0.493 e. The van der Waals surface area contributed by atoms with E-state index in [0.29, 0.717) is 24.7 Å². The molecule has 0 spiro atoms. The van der Waals surface area contributed by atoms with Gasteiger partial charge in [-0.3, -0.25) is 4.79 Å². The van der Waals surface area contributed by atoms with E-state index in [1.165, 1.54) is 0 Å². The molecule has 22 heavy (non-hydrogen) atoms. The van der Waals surface area contributed by atoms with Gasteiger partial charge in [-0.05, 0) is 37.1 Å².